The highest BCUT2D eigenvalue weighted by atomic mass is 79.9. The summed E-state index contributed by atoms with van der Waals surface area (Å²) in [6.45, 7) is 8.02. The van der Waals surface area contributed by atoms with Crippen molar-refractivity contribution in [3.8, 4) is 5.75 Å². The van der Waals surface area contributed by atoms with Crippen LogP contribution in [0.4, 0.5) is 5.69 Å². The third kappa shape index (κ3) is 3.53. The number of carbonyl (C=O) groups is 3. The van der Waals surface area contributed by atoms with Crippen molar-refractivity contribution in [1.82, 2.24) is 0 Å². The van der Waals surface area contributed by atoms with E-state index in [1.807, 2.05) is 87.2 Å². The van der Waals surface area contributed by atoms with E-state index in [0.717, 1.165) is 15.7 Å². The van der Waals surface area contributed by atoms with Crippen LogP contribution in [0.1, 0.15) is 65.5 Å². The van der Waals surface area contributed by atoms with Crippen LogP contribution in [0.25, 0.3) is 6.08 Å². The zero-order valence-electron chi connectivity index (χ0n) is 22.4. The summed E-state index contributed by atoms with van der Waals surface area (Å²) in [6.07, 6.45) is 3.92. The maximum atomic E-state index is 14.7. The van der Waals surface area contributed by atoms with E-state index in [4.69, 9.17) is 4.74 Å². The lowest BCUT2D eigenvalue weighted by molar-refractivity contribution is -0.127. The van der Waals surface area contributed by atoms with E-state index < -0.39 is 28.8 Å². The lowest BCUT2D eigenvalue weighted by atomic mass is 9.63. The Morgan fingerprint density at radius 3 is 2.26 bits per heavy atom. The molecule has 3 aromatic rings. The van der Waals surface area contributed by atoms with Gasteiger partial charge in [-0.05, 0) is 36.8 Å². The van der Waals surface area contributed by atoms with Crippen molar-refractivity contribution in [1.29, 1.82) is 0 Å². The van der Waals surface area contributed by atoms with Crippen LogP contribution in [0, 0.1) is 10.8 Å². The molecule has 198 valence electrons. The summed E-state index contributed by atoms with van der Waals surface area (Å²) in [5.41, 5.74) is 1.05. The van der Waals surface area contributed by atoms with Gasteiger partial charge in [-0.25, -0.2) is 0 Å². The third-order valence-electron chi connectivity index (χ3n) is 8.33. The highest BCUT2D eigenvalue weighted by molar-refractivity contribution is 9.10. The SMILES string of the molecule is CCOc1ccccc1[C@@H]1[C@H](C(=O)C(C)(C)C)N2c3ccc(Br)cc3C=C[C@@H]2C12C(=O)c1ccccc1C2=O. The number of nitrogens with zero attached hydrogens (tertiary/aromatic N) is 1. The number of ketones is 3. The Kier molecular flexibility index (Phi) is 5.96. The van der Waals surface area contributed by atoms with Gasteiger partial charge in [-0.3, -0.25) is 14.4 Å². The van der Waals surface area contributed by atoms with Crippen LogP contribution >= 0.6 is 15.9 Å². The molecule has 0 amide bonds. The van der Waals surface area contributed by atoms with E-state index in [1.54, 1.807) is 24.3 Å². The van der Waals surface area contributed by atoms with Gasteiger partial charge in [0.25, 0.3) is 0 Å². The molecule has 2 heterocycles. The number of fused-ring (bicyclic) bond motifs is 5. The highest BCUT2D eigenvalue weighted by Gasteiger charge is 2.72. The molecule has 39 heavy (non-hydrogen) atoms. The van der Waals surface area contributed by atoms with Crippen LogP contribution in [-0.2, 0) is 4.79 Å². The van der Waals surface area contributed by atoms with E-state index in [9.17, 15) is 14.4 Å². The third-order valence-corrected chi connectivity index (χ3v) is 8.82. The first kappa shape index (κ1) is 25.8. The maximum absolute atomic E-state index is 14.7. The van der Waals surface area contributed by atoms with Crippen molar-refractivity contribution < 1.29 is 19.1 Å². The number of carbonyl (C=O) groups excluding carboxylic acids is 3. The first-order valence-corrected chi connectivity index (χ1v) is 14.1. The molecule has 5 nitrogen and oxygen atoms in total. The second kappa shape index (κ2) is 9.02. The van der Waals surface area contributed by atoms with Crippen molar-refractivity contribution in [2.24, 2.45) is 10.8 Å². The lowest BCUT2D eigenvalue weighted by Crippen LogP contribution is -2.49. The minimum atomic E-state index is -1.52. The van der Waals surface area contributed by atoms with Crippen molar-refractivity contribution in [3.63, 3.8) is 0 Å². The van der Waals surface area contributed by atoms with Crippen molar-refractivity contribution in [2.45, 2.75) is 45.7 Å². The molecule has 0 bridgehead atoms. The summed E-state index contributed by atoms with van der Waals surface area (Å²) in [7, 11) is 0. The Balaban J connectivity index is 1.72. The largest absolute Gasteiger partial charge is 0.494 e. The fraction of sp³-hybridized carbons (Fsp3) is 0.303. The van der Waals surface area contributed by atoms with E-state index in [1.165, 1.54) is 0 Å². The molecule has 6 rings (SSSR count). The summed E-state index contributed by atoms with van der Waals surface area (Å²) in [6, 6.07) is 19.1. The number of benzene rings is 3. The van der Waals surface area contributed by atoms with Crippen molar-refractivity contribution in [3.05, 3.63) is 99.5 Å². The zero-order chi connectivity index (χ0) is 27.7. The maximum Gasteiger partial charge on any atom is 0.180 e. The predicted octanol–water partition coefficient (Wildman–Crippen LogP) is 6.90. The summed E-state index contributed by atoms with van der Waals surface area (Å²) < 4.78 is 6.99. The molecule has 6 heteroatoms. The van der Waals surface area contributed by atoms with E-state index in [0.29, 0.717) is 29.0 Å². The number of para-hydroxylation sites is 1. The molecule has 3 atom stereocenters. The van der Waals surface area contributed by atoms with E-state index in [-0.39, 0.29) is 17.3 Å². The molecule has 1 saturated heterocycles. The molecule has 1 fully saturated rings. The topological polar surface area (TPSA) is 63.7 Å². The minimum Gasteiger partial charge on any atom is -0.494 e. The van der Waals surface area contributed by atoms with Crippen LogP contribution < -0.4 is 9.64 Å². The van der Waals surface area contributed by atoms with Crippen LogP contribution in [0.15, 0.2) is 77.3 Å². The fourth-order valence-corrected chi connectivity index (χ4v) is 7.14. The van der Waals surface area contributed by atoms with Gasteiger partial charge in [-0.15, -0.1) is 0 Å². The average molecular weight is 585 g/mol. The molecule has 2 aliphatic heterocycles. The number of ether oxygens (including phenoxy) is 1. The molecule has 3 aromatic carbocycles. The molecule has 1 aliphatic carbocycles. The Bertz CT molecular complexity index is 1530. The number of rotatable bonds is 4. The normalized spacial score (nSPS) is 22.6. The minimum absolute atomic E-state index is 0.0265. The van der Waals surface area contributed by atoms with Crippen LogP contribution in [0.3, 0.4) is 0 Å². The van der Waals surface area contributed by atoms with Gasteiger partial charge in [0, 0.05) is 38.2 Å². The second-order valence-corrected chi connectivity index (χ2v) is 12.4. The monoisotopic (exact) mass is 583 g/mol. The quantitative estimate of drug-likeness (QED) is 0.313. The Morgan fingerprint density at radius 1 is 0.974 bits per heavy atom. The number of halogens is 1. The average Bonchev–Trinajstić information content (AvgIpc) is 3.34. The summed E-state index contributed by atoms with van der Waals surface area (Å²) in [5.74, 6) is -0.662. The van der Waals surface area contributed by atoms with Gasteiger partial charge in [0.1, 0.15) is 11.2 Å². The Hall–Kier alpha value is -3.51. The van der Waals surface area contributed by atoms with Gasteiger partial charge in [0.05, 0.1) is 18.7 Å². The fourth-order valence-electron chi connectivity index (χ4n) is 6.76. The van der Waals surface area contributed by atoms with Gasteiger partial charge >= 0.3 is 0 Å². The van der Waals surface area contributed by atoms with Crippen LogP contribution in [0.2, 0.25) is 0 Å². The molecule has 0 unspecified atom stereocenters. The van der Waals surface area contributed by atoms with Crippen molar-refractivity contribution in [2.75, 3.05) is 11.5 Å². The van der Waals surface area contributed by atoms with Gasteiger partial charge in [-0.1, -0.05) is 91.3 Å². The number of hydrogen-bond acceptors (Lipinski definition) is 5. The second-order valence-electron chi connectivity index (χ2n) is 11.5. The van der Waals surface area contributed by atoms with Gasteiger partial charge in [-0.2, -0.15) is 0 Å². The molecule has 0 aromatic heterocycles. The Labute approximate surface area is 237 Å². The lowest BCUT2D eigenvalue weighted by Gasteiger charge is -2.38. The van der Waals surface area contributed by atoms with Gasteiger partial charge < -0.3 is 9.64 Å². The molecule has 3 aliphatic rings. The molecule has 0 saturated carbocycles. The summed E-state index contributed by atoms with van der Waals surface area (Å²) in [4.78, 5) is 45.9. The van der Waals surface area contributed by atoms with Crippen molar-refractivity contribution >= 4 is 45.0 Å². The summed E-state index contributed by atoms with van der Waals surface area (Å²) in [5, 5.41) is 0. The standard InChI is InChI=1S/C33H30BrNO4/c1-5-39-25-13-9-8-12-23(25)27-28(31(38)32(2,3)4)35-24-16-15-20(34)18-19(24)14-17-26(35)33(27)29(36)21-10-6-7-11-22(21)30(33)37/h6-18,26-28H,5H2,1-4H3/t26-,27-,28-/m1/s1. The summed E-state index contributed by atoms with van der Waals surface area (Å²) >= 11 is 3.57. The number of Topliss-reactive ketones (excluding diaryl/α,β-unsaturated/α-hetero) is 3. The smallest absolute Gasteiger partial charge is 0.180 e. The first-order valence-electron chi connectivity index (χ1n) is 13.3. The van der Waals surface area contributed by atoms with Crippen LogP contribution in [-0.4, -0.2) is 36.0 Å². The zero-order valence-corrected chi connectivity index (χ0v) is 24.0. The van der Waals surface area contributed by atoms with Crippen LogP contribution in [0.5, 0.6) is 5.75 Å². The predicted molar refractivity (Wildman–Crippen MR) is 156 cm³/mol. The first-order chi connectivity index (χ1) is 18.6. The molecule has 0 radical (unpaired) electrons. The Morgan fingerprint density at radius 2 is 1.62 bits per heavy atom. The number of anilines is 1. The van der Waals surface area contributed by atoms with E-state index in [2.05, 4.69) is 15.9 Å². The van der Waals surface area contributed by atoms with E-state index >= 15 is 0 Å². The molecular formula is C33H30BrNO4. The van der Waals surface area contributed by atoms with Gasteiger partial charge in [0.15, 0.2) is 17.3 Å². The number of hydrogen-bond donors (Lipinski definition) is 0. The molecular weight excluding hydrogens is 554 g/mol. The van der Waals surface area contributed by atoms with Gasteiger partial charge in [0.2, 0.25) is 0 Å². The molecule has 0 N–H and O–H groups in total. The highest BCUT2D eigenvalue weighted by Crippen LogP contribution is 2.62. The molecule has 1 spiro atoms.